The van der Waals surface area contributed by atoms with Gasteiger partial charge < -0.3 is 10.8 Å². The van der Waals surface area contributed by atoms with Crippen LogP contribution >= 0.6 is 0 Å². The summed E-state index contributed by atoms with van der Waals surface area (Å²) in [4.78, 5) is 4.09. The maximum absolute atomic E-state index is 10.8. The van der Waals surface area contributed by atoms with Crippen LogP contribution in [0, 0.1) is 11.8 Å². The van der Waals surface area contributed by atoms with Crippen LogP contribution in [0.3, 0.4) is 0 Å². The molecule has 2 rings (SSSR count). The van der Waals surface area contributed by atoms with Crippen molar-refractivity contribution in [3.63, 3.8) is 0 Å². The van der Waals surface area contributed by atoms with Crippen molar-refractivity contribution in [1.82, 2.24) is 4.98 Å². The maximum atomic E-state index is 10.8. The molecule has 1 aromatic rings. The molecule has 0 bridgehead atoms. The van der Waals surface area contributed by atoms with Gasteiger partial charge in [-0.05, 0) is 43.6 Å². The monoisotopic (exact) mass is 234 g/mol. The average Bonchev–Trinajstić information content (AvgIpc) is 2.29. The van der Waals surface area contributed by atoms with Crippen LogP contribution in [0.15, 0.2) is 18.3 Å². The highest BCUT2D eigenvalue weighted by molar-refractivity contribution is 5.43. The van der Waals surface area contributed by atoms with Gasteiger partial charge in [0.15, 0.2) is 0 Å². The van der Waals surface area contributed by atoms with Gasteiger partial charge in [0, 0.05) is 11.8 Å². The Balaban J connectivity index is 2.27. The van der Waals surface area contributed by atoms with Gasteiger partial charge in [-0.3, -0.25) is 0 Å². The van der Waals surface area contributed by atoms with E-state index >= 15 is 0 Å². The molecule has 3 heteroatoms. The van der Waals surface area contributed by atoms with Crippen LogP contribution in [0.25, 0.3) is 0 Å². The fraction of sp³-hybridized carbons (Fsp3) is 0.643. The summed E-state index contributed by atoms with van der Waals surface area (Å²) in [6.07, 6.45) is 5.55. The molecule has 0 aromatic carbocycles. The van der Waals surface area contributed by atoms with Crippen molar-refractivity contribution in [2.45, 2.75) is 45.1 Å². The molecular formula is C14H22N2O. The predicted molar refractivity (Wildman–Crippen MR) is 69.3 cm³/mol. The topological polar surface area (TPSA) is 59.1 Å². The fourth-order valence-corrected chi connectivity index (χ4v) is 2.92. The number of aromatic nitrogens is 1. The second-order valence-corrected chi connectivity index (χ2v) is 5.57. The first-order valence-electron chi connectivity index (χ1n) is 6.46. The molecule has 0 aliphatic heterocycles. The molecule has 94 valence electrons. The van der Waals surface area contributed by atoms with Crippen LogP contribution in [0.1, 0.15) is 45.1 Å². The number of hydrogen-bond acceptors (Lipinski definition) is 3. The Labute approximate surface area is 103 Å². The van der Waals surface area contributed by atoms with Crippen LogP contribution in [-0.2, 0) is 5.60 Å². The van der Waals surface area contributed by atoms with Crippen LogP contribution in [0.2, 0.25) is 0 Å². The Morgan fingerprint density at radius 2 is 2.29 bits per heavy atom. The third-order valence-electron chi connectivity index (χ3n) is 4.05. The Morgan fingerprint density at radius 1 is 1.53 bits per heavy atom. The van der Waals surface area contributed by atoms with Gasteiger partial charge in [-0.2, -0.15) is 0 Å². The van der Waals surface area contributed by atoms with Gasteiger partial charge in [0.05, 0.1) is 5.60 Å². The Morgan fingerprint density at radius 3 is 2.94 bits per heavy atom. The van der Waals surface area contributed by atoms with Crippen molar-refractivity contribution in [1.29, 1.82) is 0 Å². The summed E-state index contributed by atoms with van der Waals surface area (Å²) in [6.45, 7) is 4.45. The van der Waals surface area contributed by atoms with E-state index < -0.39 is 5.60 Å². The first kappa shape index (κ1) is 12.4. The van der Waals surface area contributed by atoms with E-state index in [0.29, 0.717) is 17.7 Å². The summed E-state index contributed by atoms with van der Waals surface area (Å²) in [6, 6.07) is 3.76. The first-order valence-corrected chi connectivity index (χ1v) is 6.46. The van der Waals surface area contributed by atoms with E-state index in [4.69, 9.17) is 5.73 Å². The average molecular weight is 234 g/mol. The third-order valence-corrected chi connectivity index (χ3v) is 4.05. The van der Waals surface area contributed by atoms with Gasteiger partial charge in [0.25, 0.3) is 0 Å². The molecule has 3 N–H and O–H groups in total. The molecule has 0 radical (unpaired) electrons. The SMILES string of the molecule is CC(C)C1CCCC(O)(c2cccnc2N)C1. The van der Waals surface area contributed by atoms with Crippen molar-refractivity contribution >= 4 is 5.82 Å². The molecule has 2 atom stereocenters. The van der Waals surface area contributed by atoms with Crippen LogP contribution < -0.4 is 5.73 Å². The summed E-state index contributed by atoms with van der Waals surface area (Å²) < 4.78 is 0. The van der Waals surface area contributed by atoms with Crippen LogP contribution in [-0.4, -0.2) is 10.1 Å². The van der Waals surface area contributed by atoms with Gasteiger partial charge in [-0.1, -0.05) is 19.9 Å². The number of rotatable bonds is 2. The minimum absolute atomic E-state index is 0.472. The second kappa shape index (κ2) is 4.65. The Kier molecular flexibility index (Phi) is 3.38. The van der Waals surface area contributed by atoms with Gasteiger partial charge in [0.1, 0.15) is 5.82 Å². The molecule has 1 saturated carbocycles. The molecule has 1 heterocycles. The molecule has 1 aliphatic carbocycles. The van der Waals surface area contributed by atoms with E-state index in [9.17, 15) is 5.11 Å². The summed E-state index contributed by atoms with van der Waals surface area (Å²) in [5.74, 6) is 1.66. The Bertz CT molecular complexity index is 392. The fourth-order valence-electron chi connectivity index (χ4n) is 2.92. The van der Waals surface area contributed by atoms with Crippen molar-refractivity contribution in [2.24, 2.45) is 11.8 Å². The van der Waals surface area contributed by atoms with Gasteiger partial charge >= 0.3 is 0 Å². The number of nitrogens with zero attached hydrogens (tertiary/aromatic N) is 1. The number of nitrogens with two attached hydrogens (primary N) is 1. The van der Waals surface area contributed by atoms with E-state index in [1.54, 1.807) is 6.20 Å². The number of anilines is 1. The maximum Gasteiger partial charge on any atom is 0.129 e. The Hall–Kier alpha value is -1.09. The van der Waals surface area contributed by atoms with Gasteiger partial charge in [0.2, 0.25) is 0 Å². The summed E-state index contributed by atoms with van der Waals surface area (Å²) >= 11 is 0. The van der Waals surface area contributed by atoms with Gasteiger partial charge in [-0.15, -0.1) is 0 Å². The summed E-state index contributed by atoms with van der Waals surface area (Å²) in [5, 5.41) is 10.8. The number of aliphatic hydroxyl groups is 1. The number of nitrogen functional groups attached to an aromatic ring is 1. The predicted octanol–water partition coefficient (Wildman–Crippen LogP) is 2.70. The largest absolute Gasteiger partial charge is 0.385 e. The van der Waals surface area contributed by atoms with E-state index in [2.05, 4.69) is 18.8 Å². The zero-order valence-electron chi connectivity index (χ0n) is 10.7. The van der Waals surface area contributed by atoms with Crippen molar-refractivity contribution in [3.05, 3.63) is 23.9 Å². The second-order valence-electron chi connectivity index (χ2n) is 5.57. The third kappa shape index (κ3) is 2.44. The number of hydrogen-bond donors (Lipinski definition) is 2. The normalized spacial score (nSPS) is 29.5. The standard InChI is InChI=1S/C14H22N2O/c1-10(2)11-5-3-7-14(17,9-11)12-6-4-8-16-13(12)15/h4,6,8,10-11,17H,3,5,7,9H2,1-2H3,(H2,15,16). The minimum atomic E-state index is -0.772. The molecule has 1 fully saturated rings. The number of pyridine rings is 1. The van der Waals surface area contributed by atoms with E-state index in [1.807, 2.05) is 12.1 Å². The lowest BCUT2D eigenvalue weighted by Crippen LogP contribution is -2.35. The van der Waals surface area contributed by atoms with Crippen molar-refractivity contribution < 1.29 is 5.11 Å². The van der Waals surface area contributed by atoms with E-state index in [1.165, 1.54) is 6.42 Å². The molecule has 0 amide bonds. The first-order chi connectivity index (χ1) is 8.03. The smallest absolute Gasteiger partial charge is 0.129 e. The lowest BCUT2D eigenvalue weighted by Gasteiger charge is -2.39. The zero-order chi connectivity index (χ0) is 12.5. The highest BCUT2D eigenvalue weighted by Crippen LogP contribution is 2.43. The minimum Gasteiger partial charge on any atom is -0.385 e. The lowest BCUT2D eigenvalue weighted by molar-refractivity contribution is -0.0291. The summed E-state index contributed by atoms with van der Waals surface area (Å²) in [7, 11) is 0. The van der Waals surface area contributed by atoms with E-state index in [0.717, 1.165) is 24.8 Å². The zero-order valence-corrected chi connectivity index (χ0v) is 10.7. The molecule has 17 heavy (non-hydrogen) atoms. The molecule has 1 aliphatic rings. The van der Waals surface area contributed by atoms with Gasteiger partial charge in [-0.25, -0.2) is 4.98 Å². The molecule has 3 nitrogen and oxygen atoms in total. The quantitative estimate of drug-likeness (QED) is 0.827. The van der Waals surface area contributed by atoms with Crippen molar-refractivity contribution in [3.8, 4) is 0 Å². The lowest BCUT2D eigenvalue weighted by atomic mass is 9.71. The molecule has 0 saturated heterocycles. The molecule has 2 unspecified atom stereocenters. The molecule has 0 spiro atoms. The highest BCUT2D eigenvalue weighted by atomic mass is 16.3. The van der Waals surface area contributed by atoms with Crippen LogP contribution in [0.5, 0.6) is 0 Å². The van der Waals surface area contributed by atoms with Crippen LogP contribution in [0.4, 0.5) is 5.82 Å². The van der Waals surface area contributed by atoms with E-state index in [-0.39, 0.29) is 0 Å². The van der Waals surface area contributed by atoms with Crippen molar-refractivity contribution in [2.75, 3.05) is 5.73 Å². The molecule has 1 aromatic heterocycles. The summed E-state index contributed by atoms with van der Waals surface area (Å²) in [5.41, 5.74) is 5.93. The molecular weight excluding hydrogens is 212 g/mol. The highest BCUT2D eigenvalue weighted by Gasteiger charge is 2.38.